The van der Waals surface area contributed by atoms with E-state index in [9.17, 15) is 22.4 Å². The van der Waals surface area contributed by atoms with Crippen LogP contribution in [0.1, 0.15) is 60.0 Å². The summed E-state index contributed by atoms with van der Waals surface area (Å²) in [7, 11) is 1.90. The summed E-state index contributed by atoms with van der Waals surface area (Å²) in [5.74, 6) is -3.55. The van der Waals surface area contributed by atoms with Gasteiger partial charge in [0.05, 0.1) is 29.5 Å². The van der Waals surface area contributed by atoms with Crippen LogP contribution in [0, 0.1) is 30.2 Å². The number of carbonyl (C=O) groups is 1. The standard InChI is InChI=1S/C28H28F4N4O.C2H4.H2/c1-5-7-25-27-26(36(17(3)35(25)4)15-21-16(2)8-6-9-22(21)30)10-18(13-33-27)28(37)34-14-20-23(31)11-19(29)12-24(20)32;1-2;/h6,8-13,25H,3,5,7,14-15H2,1-2,4H3,(H,34,37);1-2H2;1H. The third-order valence-electron chi connectivity index (χ3n) is 6.72. The van der Waals surface area contributed by atoms with Crippen LogP contribution < -0.4 is 10.2 Å². The van der Waals surface area contributed by atoms with Crippen LogP contribution in [0.4, 0.5) is 23.2 Å². The van der Waals surface area contributed by atoms with E-state index in [0.29, 0.717) is 29.2 Å². The smallest absolute Gasteiger partial charge is 0.253 e. The van der Waals surface area contributed by atoms with Gasteiger partial charge in [-0.25, -0.2) is 17.6 Å². The fraction of sp³-hybridized carbons (Fsp3) is 0.267. The lowest BCUT2D eigenvalue weighted by atomic mass is 9.98. The number of anilines is 1. The van der Waals surface area contributed by atoms with Crippen molar-refractivity contribution in [3.8, 4) is 0 Å². The molecule has 1 aliphatic heterocycles. The number of hydrogen-bond donors (Lipinski definition) is 1. The van der Waals surface area contributed by atoms with Crippen molar-refractivity contribution in [3.05, 3.63) is 119 Å². The summed E-state index contributed by atoms with van der Waals surface area (Å²) in [6.07, 6.45) is 3.08. The molecule has 0 spiro atoms. The van der Waals surface area contributed by atoms with Gasteiger partial charge in [0.2, 0.25) is 0 Å². The highest BCUT2D eigenvalue weighted by atomic mass is 19.1. The number of benzene rings is 2. The molecule has 0 saturated heterocycles. The van der Waals surface area contributed by atoms with Crippen LogP contribution in [0.3, 0.4) is 0 Å². The highest BCUT2D eigenvalue weighted by molar-refractivity contribution is 5.95. The molecule has 3 aromatic rings. The van der Waals surface area contributed by atoms with Gasteiger partial charge in [0.15, 0.2) is 0 Å². The number of carbonyl (C=O) groups excluding carboxylic acids is 1. The monoisotopic (exact) mass is 542 g/mol. The van der Waals surface area contributed by atoms with Crippen LogP contribution in [0.15, 0.2) is 68.2 Å². The quantitative estimate of drug-likeness (QED) is 0.254. The molecule has 1 aromatic heterocycles. The highest BCUT2D eigenvalue weighted by Gasteiger charge is 2.34. The van der Waals surface area contributed by atoms with Crippen molar-refractivity contribution in [2.24, 2.45) is 0 Å². The van der Waals surface area contributed by atoms with Gasteiger partial charge in [-0.05, 0) is 31.0 Å². The zero-order chi connectivity index (χ0) is 28.9. The molecule has 208 valence electrons. The topological polar surface area (TPSA) is 48.5 Å². The molecule has 1 N–H and O–H groups in total. The average molecular weight is 543 g/mol. The number of rotatable bonds is 7. The molecule has 0 bridgehead atoms. The first-order valence-corrected chi connectivity index (χ1v) is 12.5. The van der Waals surface area contributed by atoms with E-state index in [-0.39, 0.29) is 25.4 Å². The lowest BCUT2D eigenvalue weighted by Crippen LogP contribution is -2.41. The van der Waals surface area contributed by atoms with Gasteiger partial charge in [-0.15, -0.1) is 13.2 Å². The van der Waals surface area contributed by atoms with Crippen molar-refractivity contribution in [2.45, 2.75) is 45.8 Å². The molecule has 2 heterocycles. The van der Waals surface area contributed by atoms with E-state index in [4.69, 9.17) is 0 Å². The Labute approximate surface area is 228 Å². The Morgan fingerprint density at radius 1 is 1.08 bits per heavy atom. The van der Waals surface area contributed by atoms with Crippen LogP contribution in [0.25, 0.3) is 0 Å². The third-order valence-corrected chi connectivity index (χ3v) is 6.72. The van der Waals surface area contributed by atoms with Crippen molar-refractivity contribution < 1.29 is 23.8 Å². The van der Waals surface area contributed by atoms with Crippen LogP contribution >= 0.6 is 0 Å². The van der Waals surface area contributed by atoms with Crippen LogP contribution in [-0.4, -0.2) is 22.8 Å². The Balaban J connectivity index is 0.00000183. The predicted molar refractivity (Wildman–Crippen MR) is 147 cm³/mol. The van der Waals surface area contributed by atoms with Crippen molar-refractivity contribution in [1.29, 1.82) is 0 Å². The SMILES string of the molecule is C=C.C=C1N(Cc2c(C)cccc2F)c2cc(C(=O)NCc3c(F)cc(F)cc3F)cnc2C(CCC)N1C.[HH]. The molecule has 1 aliphatic rings. The number of aromatic nitrogens is 1. The molecule has 0 radical (unpaired) electrons. The van der Waals surface area contributed by atoms with Gasteiger partial charge >= 0.3 is 0 Å². The van der Waals surface area contributed by atoms with E-state index in [1.165, 1.54) is 12.3 Å². The van der Waals surface area contributed by atoms with E-state index in [1.807, 2.05) is 29.8 Å². The first kappa shape index (κ1) is 29.4. The second-order valence-electron chi connectivity index (χ2n) is 9.11. The lowest BCUT2D eigenvalue weighted by molar-refractivity contribution is 0.0949. The van der Waals surface area contributed by atoms with E-state index < -0.39 is 35.5 Å². The van der Waals surface area contributed by atoms with E-state index in [0.717, 1.165) is 24.1 Å². The van der Waals surface area contributed by atoms with Gasteiger partial charge in [-0.2, -0.15) is 0 Å². The zero-order valence-corrected chi connectivity index (χ0v) is 22.3. The van der Waals surface area contributed by atoms with E-state index in [1.54, 1.807) is 12.1 Å². The summed E-state index contributed by atoms with van der Waals surface area (Å²) in [5, 5.41) is 2.47. The Morgan fingerprint density at radius 3 is 2.36 bits per heavy atom. The molecule has 0 saturated carbocycles. The maximum absolute atomic E-state index is 14.7. The second kappa shape index (κ2) is 12.6. The summed E-state index contributed by atoms with van der Waals surface area (Å²) < 4.78 is 56.0. The third kappa shape index (κ3) is 6.13. The summed E-state index contributed by atoms with van der Waals surface area (Å²) in [6, 6.07) is 7.53. The Morgan fingerprint density at radius 2 is 1.74 bits per heavy atom. The molecular weight excluding hydrogens is 508 g/mol. The normalized spacial score (nSPS) is 14.4. The molecule has 0 fully saturated rings. The van der Waals surface area contributed by atoms with Crippen LogP contribution in [0.2, 0.25) is 0 Å². The van der Waals surface area contributed by atoms with Crippen molar-refractivity contribution >= 4 is 11.6 Å². The number of aryl methyl sites for hydroxylation is 1. The second-order valence-corrected chi connectivity index (χ2v) is 9.11. The van der Waals surface area contributed by atoms with Gasteiger partial charge in [0.25, 0.3) is 5.91 Å². The van der Waals surface area contributed by atoms with Gasteiger partial charge in [-0.1, -0.05) is 32.1 Å². The molecule has 9 heteroatoms. The molecule has 1 unspecified atom stereocenters. The average Bonchev–Trinajstić information content (AvgIpc) is 2.90. The number of hydrogen-bond acceptors (Lipinski definition) is 4. The Hall–Kier alpha value is -4.14. The van der Waals surface area contributed by atoms with Crippen molar-refractivity contribution in [2.75, 3.05) is 11.9 Å². The fourth-order valence-electron chi connectivity index (χ4n) is 4.57. The summed E-state index contributed by atoms with van der Waals surface area (Å²) in [5.41, 5.74) is 2.31. The van der Waals surface area contributed by atoms with Gasteiger partial charge < -0.3 is 15.1 Å². The van der Waals surface area contributed by atoms with E-state index in [2.05, 4.69) is 37.0 Å². The largest absolute Gasteiger partial charge is 0.353 e. The van der Waals surface area contributed by atoms with Crippen LogP contribution in [0.5, 0.6) is 0 Å². The minimum atomic E-state index is -1.09. The maximum atomic E-state index is 14.7. The number of nitrogens with zero attached hydrogens (tertiary/aromatic N) is 3. The Kier molecular flexibility index (Phi) is 9.51. The maximum Gasteiger partial charge on any atom is 0.253 e. The number of amides is 1. The minimum absolute atomic E-state index is 0. The fourth-order valence-corrected chi connectivity index (χ4v) is 4.57. The molecule has 1 amide bonds. The molecule has 39 heavy (non-hydrogen) atoms. The summed E-state index contributed by atoms with van der Waals surface area (Å²) >= 11 is 0. The first-order chi connectivity index (χ1) is 18.6. The highest BCUT2D eigenvalue weighted by Crippen LogP contribution is 2.41. The molecule has 0 aliphatic carbocycles. The number of halogens is 4. The predicted octanol–water partition coefficient (Wildman–Crippen LogP) is 7.19. The lowest BCUT2D eigenvalue weighted by Gasteiger charge is -2.44. The number of pyridine rings is 1. The first-order valence-electron chi connectivity index (χ1n) is 12.5. The Bertz CT molecular complexity index is 1340. The van der Waals surface area contributed by atoms with Gasteiger partial charge in [-0.3, -0.25) is 9.78 Å². The van der Waals surface area contributed by atoms with Gasteiger partial charge in [0, 0.05) is 44.5 Å². The number of nitrogens with one attached hydrogen (secondary N) is 1. The molecule has 2 aromatic carbocycles. The summed E-state index contributed by atoms with van der Waals surface area (Å²) in [6.45, 7) is 13.8. The van der Waals surface area contributed by atoms with Crippen molar-refractivity contribution in [3.63, 3.8) is 0 Å². The van der Waals surface area contributed by atoms with Gasteiger partial charge in [0.1, 0.15) is 29.1 Å². The molecular formula is C30H34F4N4O. The van der Waals surface area contributed by atoms with Crippen LogP contribution in [-0.2, 0) is 13.1 Å². The van der Waals surface area contributed by atoms with E-state index >= 15 is 0 Å². The summed E-state index contributed by atoms with van der Waals surface area (Å²) in [4.78, 5) is 21.3. The molecule has 4 rings (SSSR count). The number of fused-ring (bicyclic) bond motifs is 1. The molecule has 1 atom stereocenters. The minimum Gasteiger partial charge on any atom is -0.353 e. The zero-order valence-electron chi connectivity index (χ0n) is 22.3. The molecule has 5 nitrogen and oxygen atoms in total. The van der Waals surface area contributed by atoms with Crippen molar-refractivity contribution in [1.82, 2.24) is 15.2 Å².